The van der Waals surface area contributed by atoms with Crippen LogP contribution >= 0.6 is 0 Å². The third kappa shape index (κ3) is 6.95. The fraction of sp³-hybridized carbons (Fsp3) is 0.326. The number of rotatable bonds is 7. The number of anilines is 2. The maximum atomic E-state index is 5.68. The van der Waals surface area contributed by atoms with Crippen molar-refractivity contribution < 1.29 is 0 Å². The van der Waals surface area contributed by atoms with Crippen LogP contribution in [0.25, 0.3) is 22.3 Å². The molecule has 0 aliphatic carbocycles. The van der Waals surface area contributed by atoms with Gasteiger partial charge in [0.2, 0.25) is 0 Å². The lowest BCUT2D eigenvalue weighted by atomic mass is 9.79. The van der Waals surface area contributed by atoms with Gasteiger partial charge in [0.25, 0.3) is 0 Å². The lowest BCUT2D eigenvalue weighted by Gasteiger charge is -2.31. The highest BCUT2D eigenvalue weighted by atomic mass is 15.6. The molecule has 0 saturated heterocycles. The Balaban J connectivity index is 1.67. The van der Waals surface area contributed by atoms with Gasteiger partial charge in [0.05, 0.1) is 11.4 Å². The number of hydrazone groups is 1. The van der Waals surface area contributed by atoms with E-state index in [-0.39, 0.29) is 10.8 Å². The van der Waals surface area contributed by atoms with E-state index in [9.17, 15) is 0 Å². The first-order valence-corrected chi connectivity index (χ1v) is 17.9. The van der Waals surface area contributed by atoms with Gasteiger partial charge in [0, 0.05) is 16.7 Å². The number of hydrogen-bond donors (Lipinski definition) is 0. The average molecular weight is 648 g/mol. The molecule has 0 radical (unpaired) electrons. The van der Waals surface area contributed by atoms with E-state index in [2.05, 4.69) is 194 Å². The molecule has 6 rings (SSSR count). The summed E-state index contributed by atoms with van der Waals surface area (Å²) in [5.74, 6) is 1.70. The molecule has 3 nitrogen and oxygen atoms in total. The molecule has 1 heterocycles. The fourth-order valence-corrected chi connectivity index (χ4v) is 6.88. The zero-order valence-electron chi connectivity index (χ0n) is 31.2. The molecular formula is C46H53N3. The molecule has 3 heteroatoms. The van der Waals surface area contributed by atoms with E-state index in [1.54, 1.807) is 0 Å². The van der Waals surface area contributed by atoms with Crippen LogP contribution in [0.5, 0.6) is 0 Å². The van der Waals surface area contributed by atoms with Crippen molar-refractivity contribution >= 4 is 17.2 Å². The van der Waals surface area contributed by atoms with Gasteiger partial charge in [-0.2, -0.15) is 5.10 Å². The summed E-state index contributed by atoms with van der Waals surface area (Å²) in [4.78, 5) is 2.51. The van der Waals surface area contributed by atoms with Crippen molar-refractivity contribution in [1.82, 2.24) is 0 Å². The monoisotopic (exact) mass is 647 g/mol. The molecule has 0 amide bonds. The minimum absolute atomic E-state index is 0.0149. The smallest absolute Gasteiger partial charge is 0.162 e. The van der Waals surface area contributed by atoms with Crippen molar-refractivity contribution in [3.05, 3.63) is 143 Å². The third-order valence-corrected chi connectivity index (χ3v) is 9.75. The lowest BCUT2D eigenvalue weighted by Crippen LogP contribution is -2.34. The van der Waals surface area contributed by atoms with Crippen molar-refractivity contribution in [3.8, 4) is 22.3 Å². The summed E-state index contributed by atoms with van der Waals surface area (Å²) >= 11 is 0. The molecule has 0 saturated carbocycles. The molecule has 1 aliphatic heterocycles. The van der Waals surface area contributed by atoms with Gasteiger partial charge in [0.1, 0.15) is 6.67 Å². The number of benzene rings is 5. The molecule has 0 bridgehead atoms. The zero-order valence-corrected chi connectivity index (χ0v) is 31.2. The molecule has 0 fully saturated rings. The van der Waals surface area contributed by atoms with E-state index >= 15 is 0 Å². The Kier molecular flexibility index (Phi) is 9.33. The first-order chi connectivity index (χ1) is 23.2. The standard InChI is InChI=1S/C46H53N3/c1-31(2)38-23-17-24-39(32(3)4)42(38)48-30-49(47-44(48)35-27-36(45(5,6)7)29-37(28-35)46(8,9)10)43-40(33-19-13-11-14-20-33)25-18-26-41(43)34-21-15-12-16-22-34/h11-29,31-32H,30H2,1-10H3. The Morgan fingerprint density at radius 2 is 0.959 bits per heavy atom. The van der Waals surface area contributed by atoms with E-state index in [0.29, 0.717) is 18.5 Å². The molecule has 5 aromatic carbocycles. The Bertz CT molecular complexity index is 1840. The molecule has 0 N–H and O–H groups in total. The predicted molar refractivity (Wildman–Crippen MR) is 212 cm³/mol. The molecule has 0 unspecified atom stereocenters. The summed E-state index contributed by atoms with van der Waals surface area (Å²) in [5, 5.41) is 7.95. The molecular weight excluding hydrogens is 595 g/mol. The van der Waals surface area contributed by atoms with Crippen LogP contribution in [0.3, 0.4) is 0 Å². The largest absolute Gasteiger partial charge is 0.304 e. The van der Waals surface area contributed by atoms with Crippen LogP contribution in [0.1, 0.15) is 109 Å². The molecule has 0 aromatic heterocycles. The molecule has 252 valence electrons. The van der Waals surface area contributed by atoms with Gasteiger partial charge in [-0.3, -0.25) is 0 Å². The van der Waals surface area contributed by atoms with Gasteiger partial charge < -0.3 is 4.90 Å². The van der Waals surface area contributed by atoms with Crippen molar-refractivity contribution in [1.29, 1.82) is 0 Å². The summed E-state index contributed by atoms with van der Waals surface area (Å²) in [5.41, 5.74) is 13.6. The maximum Gasteiger partial charge on any atom is 0.162 e. The number of nitrogens with zero attached hydrogens (tertiary/aromatic N) is 3. The second-order valence-corrected chi connectivity index (χ2v) is 16.2. The zero-order chi connectivity index (χ0) is 35.1. The highest BCUT2D eigenvalue weighted by Gasteiger charge is 2.34. The van der Waals surface area contributed by atoms with E-state index in [1.807, 2.05) is 0 Å². The van der Waals surface area contributed by atoms with E-state index in [1.165, 1.54) is 50.2 Å². The number of para-hydroxylation sites is 2. The predicted octanol–water partition coefficient (Wildman–Crippen LogP) is 12.5. The first kappa shape index (κ1) is 34.2. The van der Waals surface area contributed by atoms with E-state index in [0.717, 1.165) is 17.1 Å². The summed E-state index contributed by atoms with van der Waals surface area (Å²) in [6.45, 7) is 23.7. The molecule has 49 heavy (non-hydrogen) atoms. The van der Waals surface area contributed by atoms with Crippen LogP contribution in [0.4, 0.5) is 11.4 Å². The molecule has 0 atom stereocenters. The molecule has 1 aliphatic rings. The summed E-state index contributed by atoms with van der Waals surface area (Å²) in [7, 11) is 0. The van der Waals surface area contributed by atoms with Crippen LogP contribution in [0, 0.1) is 0 Å². The molecule has 0 spiro atoms. The highest BCUT2D eigenvalue weighted by Crippen LogP contribution is 2.44. The van der Waals surface area contributed by atoms with Gasteiger partial charge in [-0.1, -0.05) is 172 Å². The minimum Gasteiger partial charge on any atom is -0.304 e. The Labute approximate surface area is 295 Å². The van der Waals surface area contributed by atoms with Crippen molar-refractivity contribution in [2.75, 3.05) is 16.6 Å². The Morgan fingerprint density at radius 1 is 0.510 bits per heavy atom. The molecule has 5 aromatic rings. The summed E-state index contributed by atoms with van der Waals surface area (Å²) in [6, 6.07) is 42.2. The van der Waals surface area contributed by atoms with Gasteiger partial charge in [0.15, 0.2) is 5.84 Å². The number of hydrogen-bond acceptors (Lipinski definition) is 3. The number of amidine groups is 1. The maximum absolute atomic E-state index is 5.68. The van der Waals surface area contributed by atoms with Gasteiger partial charge in [-0.15, -0.1) is 0 Å². The topological polar surface area (TPSA) is 18.8 Å². The van der Waals surface area contributed by atoms with Crippen molar-refractivity contribution in [2.24, 2.45) is 5.10 Å². The van der Waals surface area contributed by atoms with E-state index < -0.39 is 0 Å². The van der Waals surface area contributed by atoms with Crippen molar-refractivity contribution in [3.63, 3.8) is 0 Å². The second kappa shape index (κ2) is 13.3. The highest BCUT2D eigenvalue weighted by molar-refractivity contribution is 6.13. The van der Waals surface area contributed by atoms with Crippen molar-refractivity contribution in [2.45, 2.75) is 91.9 Å². The SMILES string of the molecule is CC(C)c1cccc(C(C)C)c1N1CN(c2c(-c3ccccc3)cccc2-c2ccccc2)N=C1c1cc(C(C)(C)C)cc(C(C)(C)C)c1. The quantitative estimate of drug-likeness (QED) is 0.175. The fourth-order valence-electron chi connectivity index (χ4n) is 6.88. The van der Waals surface area contributed by atoms with Crippen LogP contribution in [-0.2, 0) is 10.8 Å². The average Bonchev–Trinajstić information content (AvgIpc) is 3.52. The van der Waals surface area contributed by atoms with Crippen LogP contribution < -0.4 is 9.91 Å². The van der Waals surface area contributed by atoms with Crippen LogP contribution in [0.15, 0.2) is 120 Å². The first-order valence-electron chi connectivity index (χ1n) is 17.9. The minimum atomic E-state index is -0.0149. The van der Waals surface area contributed by atoms with E-state index in [4.69, 9.17) is 5.10 Å². The Morgan fingerprint density at radius 3 is 1.39 bits per heavy atom. The summed E-state index contributed by atoms with van der Waals surface area (Å²) < 4.78 is 0. The normalized spacial score (nSPS) is 13.8. The third-order valence-electron chi connectivity index (χ3n) is 9.75. The Hall–Kier alpha value is -4.63. The second-order valence-electron chi connectivity index (χ2n) is 16.2. The van der Waals surface area contributed by atoms with Gasteiger partial charge in [-0.05, 0) is 68.2 Å². The van der Waals surface area contributed by atoms with Gasteiger partial charge in [-0.25, -0.2) is 5.01 Å². The van der Waals surface area contributed by atoms with Crippen LogP contribution in [-0.4, -0.2) is 12.5 Å². The summed E-state index contributed by atoms with van der Waals surface area (Å²) in [6.07, 6.45) is 0. The van der Waals surface area contributed by atoms with Gasteiger partial charge >= 0.3 is 0 Å². The van der Waals surface area contributed by atoms with Crippen LogP contribution in [0.2, 0.25) is 0 Å². The lowest BCUT2D eigenvalue weighted by molar-refractivity contribution is 0.568.